The van der Waals surface area contributed by atoms with E-state index < -0.39 is 15.8 Å². The molecule has 0 spiro atoms. The summed E-state index contributed by atoms with van der Waals surface area (Å²) >= 11 is 0. The third-order valence-corrected chi connectivity index (χ3v) is 5.39. The number of aliphatic hydroxyl groups is 1. The van der Waals surface area contributed by atoms with Crippen molar-refractivity contribution in [2.24, 2.45) is 11.8 Å². The Labute approximate surface area is 117 Å². The van der Waals surface area contributed by atoms with Crippen molar-refractivity contribution in [3.63, 3.8) is 0 Å². The molecule has 1 rings (SSSR count). The fourth-order valence-corrected chi connectivity index (χ4v) is 4.76. The average molecular weight is 292 g/mol. The normalized spacial score (nSPS) is 26.9. The van der Waals surface area contributed by atoms with Gasteiger partial charge in [-0.3, -0.25) is 0 Å². The van der Waals surface area contributed by atoms with Crippen LogP contribution in [-0.2, 0) is 10.2 Å². The topological polar surface area (TPSA) is 60.9 Å². The zero-order valence-electron chi connectivity index (χ0n) is 12.8. The summed E-state index contributed by atoms with van der Waals surface area (Å²) in [5, 5.41) is 9.86. The summed E-state index contributed by atoms with van der Waals surface area (Å²) in [6.45, 7) is 10.9. The molecule has 0 bridgehead atoms. The summed E-state index contributed by atoms with van der Waals surface area (Å²) in [6, 6.07) is 0. The number of hydrogen-bond acceptors (Lipinski definition) is 3. The molecular formula is C13H28N2O3S. The monoisotopic (exact) mass is 292 g/mol. The molecule has 0 aliphatic carbocycles. The summed E-state index contributed by atoms with van der Waals surface area (Å²) in [5.41, 5.74) is -1.02. The predicted molar refractivity (Wildman–Crippen MR) is 77.0 cm³/mol. The van der Waals surface area contributed by atoms with Crippen LogP contribution in [0.5, 0.6) is 0 Å². The summed E-state index contributed by atoms with van der Waals surface area (Å²) < 4.78 is 28.2. The molecule has 0 saturated carbocycles. The quantitative estimate of drug-likeness (QED) is 0.831. The third kappa shape index (κ3) is 4.70. The van der Waals surface area contributed by atoms with Gasteiger partial charge in [-0.05, 0) is 32.1 Å². The van der Waals surface area contributed by atoms with Crippen molar-refractivity contribution in [3.05, 3.63) is 0 Å². The number of hydrogen-bond donors (Lipinski definition) is 1. The minimum Gasteiger partial charge on any atom is -0.389 e. The fraction of sp³-hybridized carbons (Fsp3) is 1.00. The van der Waals surface area contributed by atoms with Crippen molar-refractivity contribution in [1.29, 1.82) is 0 Å². The first-order valence-corrected chi connectivity index (χ1v) is 8.43. The van der Waals surface area contributed by atoms with Crippen LogP contribution < -0.4 is 0 Å². The molecule has 1 aliphatic heterocycles. The van der Waals surface area contributed by atoms with Crippen LogP contribution in [0.4, 0.5) is 0 Å². The molecule has 0 radical (unpaired) electrons. The molecule has 1 fully saturated rings. The Morgan fingerprint density at radius 3 is 2.11 bits per heavy atom. The van der Waals surface area contributed by atoms with Gasteiger partial charge in [0.15, 0.2) is 0 Å². The Balaban J connectivity index is 2.88. The molecule has 1 aliphatic rings. The summed E-state index contributed by atoms with van der Waals surface area (Å²) in [5.74, 6) is 0.777. The molecule has 1 N–H and O–H groups in total. The molecular weight excluding hydrogens is 264 g/mol. The Morgan fingerprint density at radius 1 is 1.26 bits per heavy atom. The molecule has 5 nitrogen and oxygen atoms in total. The summed E-state index contributed by atoms with van der Waals surface area (Å²) in [6.07, 6.45) is 1.07. The van der Waals surface area contributed by atoms with Crippen LogP contribution in [0, 0.1) is 11.8 Å². The Hall–Kier alpha value is -0.170. The number of nitrogens with zero attached hydrogens (tertiary/aromatic N) is 2. The van der Waals surface area contributed by atoms with E-state index >= 15 is 0 Å². The van der Waals surface area contributed by atoms with Gasteiger partial charge in [-0.1, -0.05) is 20.8 Å². The number of likely N-dealkylation sites (N-methyl/N-ethyl adjacent to an activating group) is 1. The van der Waals surface area contributed by atoms with Crippen LogP contribution in [0.2, 0.25) is 0 Å². The molecule has 1 heterocycles. The average Bonchev–Trinajstić information content (AvgIpc) is 2.23. The van der Waals surface area contributed by atoms with E-state index in [1.54, 1.807) is 25.1 Å². The summed E-state index contributed by atoms with van der Waals surface area (Å²) in [4.78, 5) is 0. The molecule has 0 aromatic carbocycles. The lowest BCUT2D eigenvalue weighted by Crippen LogP contribution is -2.52. The zero-order chi connectivity index (χ0) is 14.8. The van der Waals surface area contributed by atoms with Gasteiger partial charge >= 0.3 is 0 Å². The van der Waals surface area contributed by atoms with E-state index in [9.17, 15) is 13.5 Å². The second-order valence-electron chi connectivity index (χ2n) is 6.51. The second kappa shape index (κ2) is 6.08. The molecule has 114 valence electrons. The van der Waals surface area contributed by atoms with E-state index in [4.69, 9.17) is 0 Å². The van der Waals surface area contributed by atoms with Gasteiger partial charge in [-0.15, -0.1) is 0 Å². The summed E-state index contributed by atoms with van der Waals surface area (Å²) in [7, 11) is -3.47. The van der Waals surface area contributed by atoms with Crippen molar-refractivity contribution in [2.45, 2.75) is 46.6 Å². The number of rotatable bonds is 5. The highest BCUT2D eigenvalue weighted by molar-refractivity contribution is 7.86. The molecule has 19 heavy (non-hydrogen) atoms. The van der Waals surface area contributed by atoms with Crippen LogP contribution in [0.25, 0.3) is 0 Å². The maximum Gasteiger partial charge on any atom is 0.282 e. The molecule has 2 atom stereocenters. The second-order valence-corrected chi connectivity index (χ2v) is 8.44. The van der Waals surface area contributed by atoms with Gasteiger partial charge in [0.25, 0.3) is 10.2 Å². The maximum atomic E-state index is 12.6. The minimum atomic E-state index is -3.47. The molecule has 0 amide bonds. The first-order chi connectivity index (χ1) is 8.56. The SMILES string of the molecule is CCN(CC(C)(C)O)S(=O)(=O)N1CC(C)CC(C)C1. The van der Waals surface area contributed by atoms with Crippen molar-refractivity contribution in [1.82, 2.24) is 8.61 Å². The van der Waals surface area contributed by atoms with E-state index in [1.807, 2.05) is 0 Å². The molecule has 0 aromatic rings. The lowest BCUT2D eigenvalue weighted by Gasteiger charge is -2.38. The Morgan fingerprint density at radius 2 is 1.74 bits per heavy atom. The van der Waals surface area contributed by atoms with Crippen LogP contribution in [0.3, 0.4) is 0 Å². The smallest absolute Gasteiger partial charge is 0.282 e. The third-order valence-electron chi connectivity index (χ3n) is 3.40. The van der Waals surface area contributed by atoms with Crippen molar-refractivity contribution in [2.75, 3.05) is 26.2 Å². The van der Waals surface area contributed by atoms with Gasteiger partial charge in [0.1, 0.15) is 0 Å². The van der Waals surface area contributed by atoms with E-state index in [-0.39, 0.29) is 6.54 Å². The van der Waals surface area contributed by atoms with Crippen LogP contribution in [-0.4, -0.2) is 53.9 Å². The van der Waals surface area contributed by atoms with Gasteiger partial charge in [0.05, 0.1) is 5.60 Å². The zero-order valence-corrected chi connectivity index (χ0v) is 13.6. The molecule has 1 saturated heterocycles. The Bertz CT molecular complexity index is 371. The van der Waals surface area contributed by atoms with Crippen molar-refractivity contribution < 1.29 is 13.5 Å². The standard InChI is InChI=1S/C13H28N2O3S/c1-6-14(10-13(4,5)16)19(17,18)15-8-11(2)7-12(3)9-15/h11-12,16H,6-10H2,1-5H3. The van der Waals surface area contributed by atoms with Crippen LogP contribution in [0.15, 0.2) is 0 Å². The highest BCUT2D eigenvalue weighted by Gasteiger charge is 2.35. The van der Waals surface area contributed by atoms with E-state index in [0.29, 0.717) is 31.5 Å². The van der Waals surface area contributed by atoms with Crippen LogP contribution in [0.1, 0.15) is 41.0 Å². The minimum absolute atomic E-state index is 0.130. The molecule has 2 unspecified atom stereocenters. The van der Waals surface area contributed by atoms with Gasteiger partial charge in [-0.25, -0.2) is 0 Å². The lowest BCUT2D eigenvalue weighted by atomic mass is 9.94. The van der Waals surface area contributed by atoms with Crippen LogP contribution >= 0.6 is 0 Å². The predicted octanol–water partition coefficient (Wildman–Crippen LogP) is 1.30. The highest BCUT2D eigenvalue weighted by atomic mass is 32.2. The lowest BCUT2D eigenvalue weighted by molar-refractivity contribution is 0.0575. The van der Waals surface area contributed by atoms with E-state index in [2.05, 4.69) is 13.8 Å². The fourth-order valence-electron chi connectivity index (χ4n) is 2.75. The van der Waals surface area contributed by atoms with Gasteiger partial charge in [-0.2, -0.15) is 17.0 Å². The Kier molecular flexibility index (Phi) is 5.40. The van der Waals surface area contributed by atoms with Crippen molar-refractivity contribution >= 4 is 10.2 Å². The first-order valence-electron chi connectivity index (χ1n) is 7.04. The largest absolute Gasteiger partial charge is 0.389 e. The van der Waals surface area contributed by atoms with Gasteiger partial charge in [0.2, 0.25) is 0 Å². The van der Waals surface area contributed by atoms with Gasteiger partial charge < -0.3 is 5.11 Å². The van der Waals surface area contributed by atoms with E-state index in [1.165, 1.54) is 4.31 Å². The van der Waals surface area contributed by atoms with E-state index in [0.717, 1.165) is 6.42 Å². The van der Waals surface area contributed by atoms with Gasteiger partial charge in [0, 0.05) is 26.2 Å². The maximum absolute atomic E-state index is 12.6. The molecule has 6 heteroatoms. The first kappa shape index (κ1) is 16.9. The van der Waals surface area contributed by atoms with Crippen molar-refractivity contribution in [3.8, 4) is 0 Å². The highest BCUT2D eigenvalue weighted by Crippen LogP contribution is 2.25. The number of piperidine rings is 1. The molecule has 0 aromatic heterocycles.